The van der Waals surface area contributed by atoms with Crippen molar-refractivity contribution in [3.05, 3.63) is 75.8 Å². The number of nitrogens with one attached hydrogen (secondary N) is 1. The Bertz CT molecular complexity index is 1140. The molecule has 0 heterocycles. The molecular weight excluding hydrogens is 502 g/mol. The molecule has 1 atom stereocenters. The lowest BCUT2D eigenvalue weighted by Gasteiger charge is -2.24. The summed E-state index contributed by atoms with van der Waals surface area (Å²) in [4.78, 5) is 13.1. The van der Waals surface area contributed by atoms with Crippen molar-refractivity contribution in [2.45, 2.75) is 12.5 Å². The highest BCUT2D eigenvalue weighted by Crippen LogP contribution is 2.43. The van der Waals surface area contributed by atoms with Gasteiger partial charge in [0.25, 0.3) is 5.91 Å². The van der Waals surface area contributed by atoms with E-state index in [1.807, 2.05) is 36.4 Å². The fraction of sp³-hybridized carbons (Fsp3) is 0.269. The molecule has 0 aromatic heterocycles. The number of methoxy groups -OCH3 is 5. The third-order valence-corrected chi connectivity index (χ3v) is 6.17. The first-order chi connectivity index (χ1) is 16.5. The Kier molecular flexibility index (Phi) is 8.65. The number of rotatable bonds is 10. The molecule has 3 aromatic rings. The summed E-state index contributed by atoms with van der Waals surface area (Å²) in [5, 5.41) is 3.15. The summed E-state index contributed by atoms with van der Waals surface area (Å²) in [6.45, 7) is 0. The average molecular weight is 530 g/mol. The first-order valence-corrected chi connectivity index (χ1v) is 11.3. The Morgan fingerprint density at radius 1 is 0.794 bits per heavy atom. The second kappa shape index (κ2) is 11.7. The number of ether oxygens (including phenoxy) is 5. The van der Waals surface area contributed by atoms with Crippen molar-refractivity contribution in [3.63, 3.8) is 0 Å². The Morgan fingerprint density at radius 3 is 2.00 bits per heavy atom. The van der Waals surface area contributed by atoms with Gasteiger partial charge in [-0.25, -0.2) is 0 Å². The minimum atomic E-state index is -0.461. The first-order valence-electron chi connectivity index (χ1n) is 10.5. The summed E-state index contributed by atoms with van der Waals surface area (Å²) in [5.41, 5.74) is 2.21. The zero-order valence-electron chi connectivity index (χ0n) is 19.8. The molecule has 0 saturated heterocycles. The molecule has 0 aliphatic heterocycles. The predicted octanol–water partition coefficient (Wildman–Crippen LogP) is 5.21. The molecule has 7 nitrogen and oxygen atoms in total. The van der Waals surface area contributed by atoms with E-state index in [0.29, 0.717) is 40.7 Å². The maximum Gasteiger partial charge on any atom is 0.251 e. The van der Waals surface area contributed by atoms with E-state index in [0.717, 1.165) is 15.6 Å². The van der Waals surface area contributed by atoms with Gasteiger partial charge >= 0.3 is 0 Å². The maximum absolute atomic E-state index is 13.1. The molecule has 3 aromatic carbocycles. The van der Waals surface area contributed by atoms with Gasteiger partial charge in [-0.05, 0) is 48.4 Å². The van der Waals surface area contributed by atoms with Gasteiger partial charge in [0.1, 0.15) is 0 Å². The summed E-state index contributed by atoms with van der Waals surface area (Å²) < 4.78 is 28.4. The van der Waals surface area contributed by atoms with E-state index >= 15 is 0 Å². The van der Waals surface area contributed by atoms with Crippen LogP contribution in [0.5, 0.6) is 28.7 Å². The minimum Gasteiger partial charge on any atom is -0.493 e. The van der Waals surface area contributed by atoms with Gasteiger partial charge in [-0.15, -0.1) is 0 Å². The third kappa shape index (κ3) is 5.39. The molecule has 0 aliphatic rings. The fourth-order valence-corrected chi connectivity index (χ4v) is 4.23. The summed E-state index contributed by atoms with van der Waals surface area (Å²) in [7, 11) is 7.84. The number of hydrogen-bond acceptors (Lipinski definition) is 6. The first kappa shape index (κ1) is 25.2. The van der Waals surface area contributed by atoms with Crippen LogP contribution in [0.1, 0.15) is 27.5 Å². The zero-order chi connectivity index (χ0) is 24.7. The molecule has 0 bridgehead atoms. The molecule has 3 rings (SSSR count). The fourth-order valence-electron chi connectivity index (χ4n) is 3.74. The molecule has 1 N–H and O–H groups in total. The van der Waals surface area contributed by atoms with Crippen molar-refractivity contribution in [3.8, 4) is 28.7 Å². The zero-order valence-corrected chi connectivity index (χ0v) is 21.4. The van der Waals surface area contributed by atoms with E-state index in [9.17, 15) is 4.79 Å². The van der Waals surface area contributed by atoms with Crippen LogP contribution in [0, 0.1) is 0 Å². The van der Waals surface area contributed by atoms with Crippen LogP contribution in [0.2, 0.25) is 0 Å². The highest BCUT2D eigenvalue weighted by Gasteiger charge is 2.26. The Hall–Kier alpha value is -3.39. The lowest BCUT2D eigenvalue weighted by atomic mass is 9.96. The highest BCUT2D eigenvalue weighted by atomic mass is 79.9. The van der Waals surface area contributed by atoms with E-state index in [-0.39, 0.29) is 5.91 Å². The molecule has 8 heteroatoms. The van der Waals surface area contributed by atoms with Gasteiger partial charge in [-0.1, -0.05) is 34.1 Å². The van der Waals surface area contributed by atoms with Crippen LogP contribution >= 0.6 is 15.9 Å². The summed E-state index contributed by atoms with van der Waals surface area (Å²) >= 11 is 3.63. The van der Waals surface area contributed by atoms with E-state index in [1.54, 1.807) is 53.7 Å². The number of carbonyl (C=O) groups is 1. The number of halogens is 1. The quantitative estimate of drug-likeness (QED) is 0.388. The SMILES string of the molecule is COc1cc(Br)c(C[C@H](NC(=O)c2ccccc2)c2ccc(OC)c(OC)c2OC)cc1OC. The normalized spacial score (nSPS) is 11.4. The molecule has 34 heavy (non-hydrogen) atoms. The lowest BCUT2D eigenvalue weighted by molar-refractivity contribution is 0.0936. The minimum absolute atomic E-state index is 0.209. The maximum atomic E-state index is 13.1. The van der Waals surface area contributed by atoms with Crippen LogP contribution in [-0.2, 0) is 6.42 Å². The summed E-state index contributed by atoms with van der Waals surface area (Å²) in [6.07, 6.45) is 0.436. The highest BCUT2D eigenvalue weighted by molar-refractivity contribution is 9.10. The Morgan fingerprint density at radius 2 is 1.41 bits per heavy atom. The van der Waals surface area contributed by atoms with Gasteiger partial charge in [0.15, 0.2) is 23.0 Å². The van der Waals surface area contributed by atoms with Gasteiger partial charge in [0.2, 0.25) is 5.75 Å². The Balaban J connectivity index is 2.10. The Labute approximate surface area is 208 Å². The molecule has 0 spiro atoms. The standard InChI is InChI=1S/C26H28BrNO6/c1-30-21-12-11-18(24(33-4)25(21)34-5)20(28-26(29)16-9-7-6-8-10-16)13-17-14-22(31-2)23(32-3)15-19(17)27/h6-12,14-15,20H,13H2,1-5H3,(H,28,29)/t20-/m0/s1. The lowest BCUT2D eigenvalue weighted by Crippen LogP contribution is -2.30. The number of benzene rings is 3. The average Bonchev–Trinajstić information content (AvgIpc) is 2.88. The second-order valence-corrected chi connectivity index (χ2v) is 8.17. The second-order valence-electron chi connectivity index (χ2n) is 7.32. The van der Waals surface area contributed by atoms with Crippen molar-refractivity contribution in [1.82, 2.24) is 5.32 Å². The molecular formula is C26H28BrNO6. The largest absolute Gasteiger partial charge is 0.493 e. The van der Waals surface area contributed by atoms with Crippen LogP contribution in [0.3, 0.4) is 0 Å². The topological polar surface area (TPSA) is 75.3 Å². The molecule has 180 valence electrons. The van der Waals surface area contributed by atoms with Crippen LogP contribution < -0.4 is 29.0 Å². The number of hydrogen-bond donors (Lipinski definition) is 1. The van der Waals surface area contributed by atoms with Crippen molar-refractivity contribution >= 4 is 21.8 Å². The molecule has 0 unspecified atom stereocenters. The van der Waals surface area contributed by atoms with E-state index in [2.05, 4.69) is 21.2 Å². The van der Waals surface area contributed by atoms with E-state index in [1.165, 1.54) is 0 Å². The molecule has 0 radical (unpaired) electrons. The van der Waals surface area contributed by atoms with Crippen molar-refractivity contribution in [1.29, 1.82) is 0 Å². The van der Waals surface area contributed by atoms with Gasteiger partial charge < -0.3 is 29.0 Å². The third-order valence-electron chi connectivity index (χ3n) is 5.43. The predicted molar refractivity (Wildman–Crippen MR) is 134 cm³/mol. The molecule has 0 saturated carbocycles. The number of carbonyl (C=O) groups excluding carboxylic acids is 1. The van der Waals surface area contributed by atoms with Crippen molar-refractivity contribution in [2.75, 3.05) is 35.5 Å². The molecule has 1 amide bonds. The van der Waals surface area contributed by atoms with Crippen molar-refractivity contribution < 1.29 is 28.5 Å². The van der Waals surface area contributed by atoms with Crippen LogP contribution in [0.25, 0.3) is 0 Å². The van der Waals surface area contributed by atoms with Gasteiger partial charge in [-0.3, -0.25) is 4.79 Å². The monoisotopic (exact) mass is 529 g/mol. The van der Waals surface area contributed by atoms with E-state index < -0.39 is 6.04 Å². The van der Waals surface area contributed by atoms with Crippen LogP contribution in [0.15, 0.2) is 59.1 Å². The summed E-state index contributed by atoms with van der Waals surface area (Å²) in [6, 6.07) is 16.0. The summed E-state index contributed by atoms with van der Waals surface area (Å²) in [5.74, 6) is 2.45. The van der Waals surface area contributed by atoms with Crippen LogP contribution in [0.4, 0.5) is 0 Å². The smallest absolute Gasteiger partial charge is 0.251 e. The van der Waals surface area contributed by atoms with Gasteiger partial charge in [0.05, 0.1) is 41.6 Å². The van der Waals surface area contributed by atoms with E-state index in [4.69, 9.17) is 23.7 Å². The van der Waals surface area contributed by atoms with Crippen LogP contribution in [-0.4, -0.2) is 41.5 Å². The van der Waals surface area contributed by atoms with Gasteiger partial charge in [0, 0.05) is 15.6 Å². The van der Waals surface area contributed by atoms with Crippen molar-refractivity contribution in [2.24, 2.45) is 0 Å². The van der Waals surface area contributed by atoms with Gasteiger partial charge in [-0.2, -0.15) is 0 Å². The number of amides is 1. The molecule has 0 fully saturated rings. The molecule has 0 aliphatic carbocycles.